The standard InChI is InChI=1S/C27H49NO6/c1-5-6-7-8-9-10-11-12-13-14-15-16-17-18-19-26(30)34-23-24(29)22-33-21-20-25(27(31)32)28(2,3)4/h8-9,11-12,24-25,29H,5-7,10,13-23H2,1-4H3/p+1/b9-8-,12-11-. The zero-order valence-corrected chi connectivity index (χ0v) is 22.0. The van der Waals surface area contributed by atoms with Crippen molar-refractivity contribution in [2.75, 3.05) is 41.0 Å². The summed E-state index contributed by atoms with van der Waals surface area (Å²) in [4.78, 5) is 23.1. The molecule has 7 nitrogen and oxygen atoms in total. The summed E-state index contributed by atoms with van der Waals surface area (Å²) in [5, 5.41) is 19.2. The fourth-order valence-electron chi connectivity index (χ4n) is 3.46. The predicted molar refractivity (Wildman–Crippen MR) is 137 cm³/mol. The van der Waals surface area contributed by atoms with Gasteiger partial charge in [-0.05, 0) is 32.1 Å². The molecule has 0 fully saturated rings. The smallest absolute Gasteiger partial charge is 0.362 e. The molecule has 0 rings (SSSR count). The number of aliphatic carboxylic acids is 1. The van der Waals surface area contributed by atoms with Gasteiger partial charge in [0.15, 0.2) is 6.04 Å². The molecule has 0 saturated heterocycles. The van der Waals surface area contributed by atoms with E-state index in [0.29, 0.717) is 17.3 Å². The van der Waals surface area contributed by atoms with E-state index in [4.69, 9.17) is 9.47 Å². The molecule has 0 aliphatic heterocycles. The lowest BCUT2D eigenvalue weighted by Crippen LogP contribution is -2.50. The van der Waals surface area contributed by atoms with Gasteiger partial charge in [-0.3, -0.25) is 4.79 Å². The minimum absolute atomic E-state index is 0.0142. The number of aliphatic hydroxyl groups is 1. The van der Waals surface area contributed by atoms with Gasteiger partial charge in [-0.1, -0.05) is 63.3 Å². The van der Waals surface area contributed by atoms with E-state index >= 15 is 0 Å². The molecule has 0 saturated carbocycles. The van der Waals surface area contributed by atoms with Crippen molar-refractivity contribution >= 4 is 11.9 Å². The lowest BCUT2D eigenvalue weighted by Gasteiger charge is -2.31. The maximum absolute atomic E-state index is 11.8. The summed E-state index contributed by atoms with van der Waals surface area (Å²) in [6.07, 6.45) is 19.9. The number of carbonyl (C=O) groups excluding carboxylic acids is 1. The molecule has 0 aromatic carbocycles. The van der Waals surface area contributed by atoms with E-state index in [1.54, 1.807) is 0 Å². The van der Waals surface area contributed by atoms with E-state index < -0.39 is 18.1 Å². The zero-order chi connectivity index (χ0) is 25.7. The average Bonchev–Trinajstić information content (AvgIpc) is 2.76. The molecule has 0 radical (unpaired) electrons. The quantitative estimate of drug-likeness (QED) is 0.0985. The Morgan fingerprint density at radius 1 is 0.882 bits per heavy atom. The molecule has 198 valence electrons. The molecule has 0 aromatic heterocycles. The number of ether oxygens (including phenoxy) is 2. The van der Waals surface area contributed by atoms with Gasteiger partial charge in [0.2, 0.25) is 0 Å². The third-order valence-corrected chi connectivity index (χ3v) is 5.58. The molecule has 0 bridgehead atoms. The van der Waals surface area contributed by atoms with Crippen molar-refractivity contribution in [1.29, 1.82) is 0 Å². The van der Waals surface area contributed by atoms with Gasteiger partial charge in [-0.15, -0.1) is 0 Å². The Balaban J connectivity index is 3.63. The Hall–Kier alpha value is -1.70. The van der Waals surface area contributed by atoms with Crippen LogP contribution in [0.1, 0.15) is 84.0 Å². The SMILES string of the molecule is CCCC/C=C\C/C=C\CCCCCCCC(=O)OCC(O)COCCC(C(=O)O)[N+](C)(C)C. The molecular weight excluding hydrogens is 434 g/mol. The van der Waals surface area contributed by atoms with E-state index in [1.807, 2.05) is 21.1 Å². The number of esters is 1. The van der Waals surface area contributed by atoms with Gasteiger partial charge in [0.25, 0.3) is 0 Å². The van der Waals surface area contributed by atoms with Gasteiger partial charge in [0.05, 0.1) is 34.4 Å². The summed E-state index contributed by atoms with van der Waals surface area (Å²) in [5.74, 6) is -1.17. The fourth-order valence-corrected chi connectivity index (χ4v) is 3.46. The molecule has 0 spiro atoms. The summed E-state index contributed by atoms with van der Waals surface area (Å²) in [7, 11) is 5.46. The number of hydrogen-bond acceptors (Lipinski definition) is 5. The number of nitrogens with zero attached hydrogens (tertiary/aromatic N) is 1. The van der Waals surface area contributed by atoms with Crippen molar-refractivity contribution in [2.24, 2.45) is 0 Å². The second kappa shape index (κ2) is 20.7. The van der Waals surface area contributed by atoms with Crippen LogP contribution >= 0.6 is 0 Å². The highest BCUT2D eigenvalue weighted by atomic mass is 16.5. The van der Waals surface area contributed by atoms with Crippen LogP contribution in [0.15, 0.2) is 24.3 Å². The number of hydrogen-bond donors (Lipinski definition) is 2. The minimum atomic E-state index is -0.906. The van der Waals surface area contributed by atoms with Crippen molar-refractivity contribution in [3.05, 3.63) is 24.3 Å². The molecule has 0 heterocycles. The fraction of sp³-hybridized carbons (Fsp3) is 0.778. The van der Waals surface area contributed by atoms with E-state index in [9.17, 15) is 19.8 Å². The maximum atomic E-state index is 11.8. The highest BCUT2D eigenvalue weighted by Crippen LogP contribution is 2.10. The van der Waals surface area contributed by atoms with Gasteiger partial charge >= 0.3 is 11.9 Å². The number of unbranched alkanes of at least 4 members (excludes halogenated alkanes) is 7. The lowest BCUT2D eigenvalue weighted by atomic mass is 10.1. The largest absolute Gasteiger partial charge is 0.477 e. The van der Waals surface area contributed by atoms with E-state index in [-0.39, 0.29) is 25.8 Å². The van der Waals surface area contributed by atoms with Crippen LogP contribution in [0, 0.1) is 0 Å². The second-order valence-corrected chi connectivity index (χ2v) is 9.80. The summed E-state index contributed by atoms with van der Waals surface area (Å²) >= 11 is 0. The van der Waals surface area contributed by atoms with Crippen LogP contribution in [0.25, 0.3) is 0 Å². The molecule has 0 aromatic rings. The third-order valence-electron chi connectivity index (χ3n) is 5.58. The van der Waals surface area contributed by atoms with Crippen molar-refractivity contribution < 1.29 is 33.8 Å². The van der Waals surface area contributed by atoms with Crippen LogP contribution in [0.5, 0.6) is 0 Å². The van der Waals surface area contributed by atoms with E-state index in [2.05, 4.69) is 31.2 Å². The van der Waals surface area contributed by atoms with Crippen molar-refractivity contribution in [1.82, 2.24) is 0 Å². The van der Waals surface area contributed by atoms with E-state index in [0.717, 1.165) is 32.1 Å². The first-order chi connectivity index (χ1) is 16.2. The highest BCUT2D eigenvalue weighted by molar-refractivity contribution is 5.72. The molecule has 0 amide bonds. The predicted octanol–water partition coefficient (Wildman–Crippen LogP) is 4.88. The Bertz CT molecular complexity index is 582. The number of carbonyl (C=O) groups is 2. The van der Waals surface area contributed by atoms with Crippen LogP contribution in [0.3, 0.4) is 0 Å². The third kappa shape index (κ3) is 19.7. The molecule has 0 aliphatic carbocycles. The number of allylic oxidation sites excluding steroid dienone is 4. The Morgan fingerprint density at radius 2 is 1.50 bits per heavy atom. The number of rotatable bonds is 22. The zero-order valence-electron chi connectivity index (χ0n) is 22.0. The van der Waals surface area contributed by atoms with Gasteiger partial charge in [-0.2, -0.15) is 0 Å². The molecule has 7 heteroatoms. The number of likely N-dealkylation sites (N-methyl/N-ethyl adjacent to an activating group) is 1. The van der Waals surface area contributed by atoms with E-state index in [1.165, 1.54) is 32.1 Å². The summed E-state index contributed by atoms with van der Waals surface area (Å²) < 4.78 is 10.8. The molecule has 34 heavy (non-hydrogen) atoms. The van der Waals surface area contributed by atoms with Crippen LogP contribution in [0.4, 0.5) is 0 Å². The maximum Gasteiger partial charge on any atom is 0.362 e. The first kappa shape index (κ1) is 32.3. The van der Waals surface area contributed by atoms with Crippen LogP contribution < -0.4 is 0 Å². The topological polar surface area (TPSA) is 93.1 Å². The molecule has 2 unspecified atom stereocenters. The van der Waals surface area contributed by atoms with Crippen molar-refractivity contribution in [3.8, 4) is 0 Å². The van der Waals surface area contributed by atoms with Gasteiger partial charge in [-0.25, -0.2) is 4.79 Å². The Morgan fingerprint density at radius 3 is 2.12 bits per heavy atom. The van der Waals surface area contributed by atoms with Crippen LogP contribution in [-0.4, -0.2) is 79.7 Å². The minimum Gasteiger partial charge on any atom is -0.477 e. The monoisotopic (exact) mass is 484 g/mol. The molecule has 0 aliphatic rings. The van der Waals surface area contributed by atoms with Gasteiger partial charge < -0.3 is 24.2 Å². The second-order valence-electron chi connectivity index (χ2n) is 9.80. The first-order valence-corrected chi connectivity index (χ1v) is 12.9. The summed E-state index contributed by atoms with van der Waals surface area (Å²) in [5.41, 5.74) is 0. The first-order valence-electron chi connectivity index (χ1n) is 12.9. The number of quaternary nitrogens is 1. The summed E-state index contributed by atoms with van der Waals surface area (Å²) in [6.45, 7) is 2.35. The number of aliphatic hydroxyl groups excluding tert-OH is 1. The highest BCUT2D eigenvalue weighted by Gasteiger charge is 2.30. The van der Waals surface area contributed by atoms with Crippen molar-refractivity contribution in [2.45, 2.75) is 96.1 Å². The number of carboxylic acids is 1. The Labute approximate surface area is 207 Å². The normalized spacial score (nSPS) is 14.0. The van der Waals surface area contributed by atoms with Gasteiger partial charge in [0, 0.05) is 12.8 Å². The Kier molecular flexibility index (Phi) is 19.6. The lowest BCUT2D eigenvalue weighted by molar-refractivity contribution is -0.887. The number of carboxylic acid groups (broad SMARTS) is 1. The van der Waals surface area contributed by atoms with Crippen molar-refractivity contribution in [3.63, 3.8) is 0 Å². The van der Waals surface area contributed by atoms with Gasteiger partial charge in [0.1, 0.15) is 12.7 Å². The van der Waals surface area contributed by atoms with Crippen LogP contribution in [-0.2, 0) is 19.1 Å². The average molecular weight is 485 g/mol. The molecule has 2 N–H and O–H groups in total. The molecule has 2 atom stereocenters. The van der Waals surface area contributed by atoms with Crippen LogP contribution in [0.2, 0.25) is 0 Å². The summed E-state index contributed by atoms with van der Waals surface area (Å²) in [6, 6.07) is -0.575. The molecular formula is C27H50NO6+.